The number of hydrogen-bond acceptors (Lipinski definition) is 2. The van der Waals surface area contributed by atoms with Crippen molar-refractivity contribution in [2.24, 2.45) is 0 Å². The molecular weight excluding hydrogens is 230 g/mol. The van der Waals surface area contributed by atoms with E-state index in [-0.39, 0.29) is 0 Å². The standard InChI is InChI=1S/C10H14ClN3S/c1-3-6-14(2)10(15)13-8-4-5-9(11)12-7-8/h4-5,7H,3,6H2,1-2H3,(H,13,15). The highest BCUT2D eigenvalue weighted by Gasteiger charge is 2.03. The molecule has 3 nitrogen and oxygen atoms in total. The van der Waals surface area contributed by atoms with Crippen LogP contribution in [0.25, 0.3) is 0 Å². The van der Waals surface area contributed by atoms with Gasteiger partial charge in [0.05, 0.1) is 11.9 Å². The smallest absolute Gasteiger partial charge is 0.173 e. The first-order valence-corrected chi connectivity index (χ1v) is 5.55. The Morgan fingerprint density at radius 2 is 2.33 bits per heavy atom. The van der Waals surface area contributed by atoms with Crippen molar-refractivity contribution < 1.29 is 0 Å². The minimum absolute atomic E-state index is 0.480. The predicted octanol–water partition coefficient (Wildman–Crippen LogP) is 2.77. The molecule has 0 amide bonds. The lowest BCUT2D eigenvalue weighted by atomic mass is 10.4. The number of aromatic nitrogens is 1. The Kier molecular flexibility index (Phi) is 4.78. The van der Waals surface area contributed by atoms with Gasteiger partial charge in [0.1, 0.15) is 5.15 Å². The number of anilines is 1. The summed E-state index contributed by atoms with van der Waals surface area (Å²) >= 11 is 10.9. The summed E-state index contributed by atoms with van der Waals surface area (Å²) in [5, 5.41) is 4.27. The molecule has 0 aliphatic rings. The van der Waals surface area contributed by atoms with Crippen LogP contribution in [0.1, 0.15) is 13.3 Å². The van der Waals surface area contributed by atoms with E-state index in [1.54, 1.807) is 12.3 Å². The number of nitrogens with one attached hydrogen (secondary N) is 1. The predicted molar refractivity (Wildman–Crippen MR) is 68.4 cm³/mol. The summed E-state index contributed by atoms with van der Waals surface area (Å²) in [7, 11) is 1.96. The fourth-order valence-electron chi connectivity index (χ4n) is 1.11. The monoisotopic (exact) mass is 243 g/mol. The minimum Gasteiger partial charge on any atom is -0.352 e. The second kappa shape index (κ2) is 5.88. The average molecular weight is 244 g/mol. The molecule has 0 unspecified atom stereocenters. The van der Waals surface area contributed by atoms with E-state index in [0.717, 1.165) is 18.7 Å². The Bertz CT molecular complexity index is 326. The summed E-state index contributed by atoms with van der Waals surface area (Å²) in [6.07, 6.45) is 2.73. The SMILES string of the molecule is CCCN(C)C(=S)Nc1ccc(Cl)nc1. The molecule has 15 heavy (non-hydrogen) atoms. The van der Waals surface area contributed by atoms with E-state index in [0.29, 0.717) is 10.3 Å². The topological polar surface area (TPSA) is 28.2 Å². The van der Waals surface area contributed by atoms with Gasteiger partial charge in [-0.25, -0.2) is 4.98 Å². The maximum atomic E-state index is 5.68. The van der Waals surface area contributed by atoms with Gasteiger partial charge in [0.2, 0.25) is 0 Å². The van der Waals surface area contributed by atoms with Crippen molar-refractivity contribution in [1.82, 2.24) is 9.88 Å². The van der Waals surface area contributed by atoms with Crippen molar-refractivity contribution >= 4 is 34.6 Å². The minimum atomic E-state index is 0.480. The number of thiocarbonyl (C=S) groups is 1. The van der Waals surface area contributed by atoms with Gasteiger partial charge in [0.15, 0.2) is 5.11 Å². The summed E-state index contributed by atoms with van der Waals surface area (Å²) in [4.78, 5) is 5.95. The van der Waals surface area contributed by atoms with Gasteiger partial charge in [-0.15, -0.1) is 0 Å². The molecule has 0 atom stereocenters. The van der Waals surface area contributed by atoms with Crippen molar-refractivity contribution in [2.75, 3.05) is 18.9 Å². The van der Waals surface area contributed by atoms with E-state index in [1.807, 2.05) is 18.0 Å². The van der Waals surface area contributed by atoms with Crippen LogP contribution >= 0.6 is 23.8 Å². The fraction of sp³-hybridized carbons (Fsp3) is 0.400. The largest absolute Gasteiger partial charge is 0.352 e. The highest BCUT2D eigenvalue weighted by Crippen LogP contribution is 2.10. The Balaban J connectivity index is 2.54. The van der Waals surface area contributed by atoms with Crippen LogP contribution in [0.5, 0.6) is 0 Å². The first kappa shape index (κ1) is 12.2. The second-order valence-corrected chi connectivity index (χ2v) is 4.00. The third-order valence-electron chi connectivity index (χ3n) is 1.88. The molecule has 1 aromatic rings. The summed E-state index contributed by atoms with van der Waals surface area (Å²) < 4.78 is 0. The molecule has 1 N–H and O–H groups in total. The Labute approximate surface area is 100 Å². The Morgan fingerprint density at radius 1 is 1.60 bits per heavy atom. The van der Waals surface area contributed by atoms with E-state index in [4.69, 9.17) is 23.8 Å². The van der Waals surface area contributed by atoms with Gasteiger partial charge in [0.25, 0.3) is 0 Å². The quantitative estimate of drug-likeness (QED) is 0.653. The first-order valence-electron chi connectivity index (χ1n) is 4.77. The molecule has 0 saturated carbocycles. The first-order chi connectivity index (χ1) is 7.13. The van der Waals surface area contributed by atoms with Crippen LogP contribution in [0.4, 0.5) is 5.69 Å². The van der Waals surface area contributed by atoms with E-state index in [9.17, 15) is 0 Å². The van der Waals surface area contributed by atoms with Crippen molar-refractivity contribution in [3.05, 3.63) is 23.5 Å². The van der Waals surface area contributed by atoms with Crippen molar-refractivity contribution in [3.63, 3.8) is 0 Å². The lowest BCUT2D eigenvalue weighted by Gasteiger charge is -2.19. The number of hydrogen-bond donors (Lipinski definition) is 1. The van der Waals surface area contributed by atoms with Crippen LogP contribution in [0, 0.1) is 0 Å². The fourth-order valence-corrected chi connectivity index (χ4v) is 1.43. The normalized spacial score (nSPS) is 9.80. The van der Waals surface area contributed by atoms with E-state index in [1.165, 1.54) is 0 Å². The van der Waals surface area contributed by atoms with Gasteiger partial charge >= 0.3 is 0 Å². The number of rotatable bonds is 3. The molecular formula is C10H14ClN3S. The van der Waals surface area contributed by atoms with Crippen LogP contribution in [0.3, 0.4) is 0 Å². The van der Waals surface area contributed by atoms with Crippen molar-refractivity contribution in [2.45, 2.75) is 13.3 Å². The van der Waals surface area contributed by atoms with Gasteiger partial charge in [-0.1, -0.05) is 18.5 Å². The molecule has 0 fully saturated rings. The molecule has 0 saturated heterocycles. The number of nitrogens with zero attached hydrogens (tertiary/aromatic N) is 2. The number of pyridine rings is 1. The Morgan fingerprint density at radius 3 is 2.87 bits per heavy atom. The molecule has 5 heteroatoms. The lowest BCUT2D eigenvalue weighted by Crippen LogP contribution is -2.31. The van der Waals surface area contributed by atoms with Crippen molar-refractivity contribution in [3.8, 4) is 0 Å². The molecule has 0 aliphatic carbocycles. The second-order valence-electron chi connectivity index (χ2n) is 3.22. The maximum Gasteiger partial charge on any atom is 0.173 e. The van der Waals surface area contributed by atoms with Crippen LogP contribution in [-0.2, 0) is 0 Å². The third kappa shape index (κ3) is 4.01. The summed E-state index contributed by atoms with van der Waals surface area (Å²) in [5.74, 6) is 0. The zero-order valence-electron chi connectivity index (χ0n) is 8.83. The number of halogens is 1. The van der Waals surface area contributed by atoms with Crippen LogP contribution < -0.4 is 5.32 Å². The van der Waals surface area contributed by atoms with E-state index >= 15 is 0 Å². The zero-order chi connectivity index (χ0) is 11.3. The van der Waals surface area contributed by atoms with E-state index in [2.05, 4.69) is 17.2 Å². The van der Waals surface area contributed by atoms with Gasteiger partial charge in [-0.3, -0.25) is 0 Å². The van der Waals surface area contributed by atoms with Gasteiger partial charge < -0.3 is 10.2 Å². The zero-order valence-corrected chi connectivity index (χ0v) is 10.4. The maximum absolute atomic E-state index is 5.68. The molecule has 0 aromatic carbocycles. The van der Waals surface area contributed by atoms with Gasteiger partial charge in [-0.05, 0) is 30.8 Å². The molecule has 0 bridgehead atoms. The van der Waals surface area contributed by atoms with Gasteiger partial charge in [0, 0.05) is 13.6 Å². The summed E-state index contributed by atoms with van der Waals surface area (Å²) in [6, 6.07) is 3.58. The highest BCUT2D eigenvalue weighted by atomic mass is 35.5. The highest BCUT2D eigenvalue weighted by molar-refractivity contribution is 7.80. The van der Waals surface area contributed by atoms with Crippen LogP contribution in [0.15, 0.2) is 18.3 Å². The average Bonchev–Trinajstić information content (AvgIpc) is 2.22. The Hall–Kier alpha value is -0.870. The molecule has 1 aromatic heterocycles. The van der Waals surface area contributed by atoms with Crippen LogP contribution in [-0.4, -0.2) is 28.6 Å². The molecule has 0 spiro atoms. The molecule has 82 valence electrons. The third-order valence-corrected chi connectivity index (χ3v) is 2.52. The molecule has 0 radical (unpaired) electrons. The molecule has 1 rings (SSSR count). The summed E-state index contributed by atoms with van der Waals surface area (Å²) in [5.41, 5.74) is 0.854. The summed E-state index contributed by atoms with van der Waals surface area (Å²) in [6.45, 7) is 3.05. The van der Waals surface area contributed by atoms with Gasteiger partial charge in [-0.2, -0.15) is 0 Å². The van der Waals surface area contributed by atoms with Crippen molar-refractivity contribution in [1.29, 1.82) is 0 Å². The molecule has 0 aliphatic heterocycles. The lowest BCUT2D eigenvalue weighted by molar-refractivity contribution is 0.508. The molecule has 1 heterocycles. The van der Waals surface area contributed by atoms with Crippen LogP contribution in [0.2, 0.25) is 5.15 Å². The van der Waals surface area contributed by atoms with E-state index < -0.39 is 0 Å².